The fourth-order valence-corrected chi connectivity index (χ4v) is 3.51. The zero-order valence-electron chi connectivity index (χ0n) is 14.0. The second-order valence-corrected chi connectivity index (χ2v) is 6.50. The summed E-state index contributed by atoms with van der Waals surface area (Å²) in [6.07, 6.45) is 1.42. The molecule has 2 fully saturated rings. The van der Waals surface area contributed by atoms with Crippen LogP contribution in [0.25, 0.3) is 0 Å². The molecule has 1 amide bonds. The second kappa shape index (κ2) is 6.64. The smallest absolute Gasteiger partial charge is 0.256 e. The first-order chi connectivity index (χ1) is 11.5. The number of benzene rings is 1. The van der Waals surface area contributed by atoms with E-state index in [-0.39, 0.29) is 11.2 Å². The van der Waals surface area contributed by atoms with Crippen LogP contribution in [-0.4, -0.2) is 68.3 Å². The summed E-state index contributed by atoms with van der Waals surface area (Å²) in [5, 5.41) is 0. The van der Waals surface area contributed by atoms with E-state index in [9.17, 15) is 13.6 Å². The van der Waals surface area contributed by atoms with Crippen molar-refractivity contribution in [1.82, 2.24) is 9.80 Å². The molecule has 0 saturated carbocycles. The lowest BCUT2D eigenvalue weighted by atomic mass is 9.89. The summed E-state index contributed by atoms with van der Waals surface area (Å²) in [4.78, 5) is 16.4. The topological polar surface area (TPSA) is 42.0 Å². The zero-order valence-corrected chi connectivity index (χ0v) is 14.0. The van der Waals surface area contributed by atoms with Crippen LogP contribution in [0, 0.1) is 11.6 Å². The summed E-state index contributed by atoms with van der Waals surface area (Å²) < 4.78 is 38.5. The Labute approximate surface area is 140 Å². The van der Waals surface area contributed by atoms with Gasteiger partial charge in [0.1, 0.15) is 0 Å². The number of likely N-dealkylation sites (tertiary alicyclic amines) is 1. The summed E-state index contributed by atoms with van der Waals surface area (Å²) in [6, 6.07) is 2.23. The highest BCUT2D eigenvalue weighted by Gasteiger charge is 2.40. The van der Waals surface area contributed by atoms with Crippen molar-refractivity contribution in [2.24, 2.45) is 0 Å². The van der Waals surface area contributed by atoms with Crippen LogP contribution in [0.15, 0.2) is 12.1 Å². The number of piperidine rings is 1. The Hall–Kier alpha value is -1.73. The fourth-order valence-electron chi connectivity index (χ4n) is 3.51. The maximum Gasteiger partial charge on any atom is 0.256 e. The Kier molecular flexibility index (Phi) is 4.73. The van der Waals surface area contributed by atoms with Gasteiger partial charge in [0.25, 0.3) is 5.91 Å². The van der Waals surface area contributed by atoms with E-state index in [1.54, 1.807) is 4.90 Å². The maximum atomic E-state index is 14.3. The Bertz CT molecular complexity index is 631. The van der Waals surface area contributed by atoms with Crippen LogP contribution in [0.2, 0.25) is 0 Å². The predicted octanol–water partition coefficient (Wildman–Crippen LogP) is 1.91. The van der Waals surface area contributed by atoms with Gasteiger partial charge in [-0.25, -0.2) is 8.78 Å². The van der Waals surface area contributed by atoms with E-state index in [1.807, 2.05) is 0 Å². The van der Waals surface area contributed by atoms with Crippen LogP contribution in [0.1, 0.15) is 23.2 Å². The first kappa shape index (κ1) is 17.1. The third-order valence-corrected chi connectivity index (χ3v) is 4.88. The number of hydrogen-bond donors (Lipinski definition) is 0. The number of amides is 1. The molecule has 0 radical (unpaired) electrons. The summed E-state index contributed by atoms with van der Waals surface area (Å²) in [5.41, 5.74) is -0.381. The molecule has 2 heterocycles. The number of ether oxygens (including phenoxy) is 2. The molecule has 1 aromatic rings. The average Bonchev–Trinajstić information content (AvgIpc) is 2.55. The van der Waals surface area contributed by atoms with Crippen LogP contribution in [0.3, 0.4) is 0 Å². The number of carbonyl (C=O) groups excluding carboxylic acids is 1. The van der Waals surface area contributed by atoms with E-state index in [4.69, 9.17) is 9.47 Å². The summed E-state index contributed by atoms with van der Waals surface area (Å²) in [7, 11) is 3.24. The molecule has 132 valence electrons. The van der Waals surface area contributed by atoms with Crippen molar-refractivity contribution in [3.63, 3.8) is 0 Å². The molecule has 2 saturated heterocycles. The van der Waals surface area contributed by atoms with Gasteiger partial charge in [-0.05, 0) is 32.0 Å². The second-order valence-electron chi connectivity index (χ2n) is 6.50. The number of likely N-dealkylation sites (N-methyl/N-ethyl adjacent to an activating group) is 1. The highest BCUT2D eigenvalue weighted by molar-refractivity contribution is 5.95. The first-order valence-corrected chi connectivity index (χ1v) is 8.09. The molecule has 0 N–H and O–H groups in total. The number of hydrogen-bond acceptors (Lipinski definition) is 4. The number of halogens is 2. The van der Waals surface area contributed by atoms with E-state index < -0.39 is 23.3 Å². The predicted molar refractivity (Wildman–Crippen MR) is 84.2 cm³/mol. The number of methoxy groups -OCH3 is 1. The molecule has 2 aliphatic heterocycles. The number of carbonyl (C=O) groups is 1. The van der Waals surface area contributed by atoms with Gasteiger partial charge in [-0.15, -0.1) is 0 Å². The first-order valence-electron chi connectivity index (χ1n) is 8.09. The van der Waals surface area contributed by atoms with E-state index >= 15 is 0 Å². The fraction of sp³-hybridized carbons (Fsp3) is 0.588. The van der Waals surface area contributed by atoms with Gasteiger partial charge in [-0.2, -0.15) is 0 Å². The molecule has 0 atom stereocenters. The average molecular weight is 340 g/mol. The van der Waals surface area contributed by atoms with Gasteiger partial charge in [-0.1, -0.05) is 0 Å². The van der Waals surface area contributed by atoms with Crippen molar-refractivity contribution < 1.29 is 23.0 Å². The molecule has 0 bridgehead atoms. The third-order valence-electron chi connectivity index (χ3n) is 4.88. The molecule has 0 unspecified atom stereocenters. The third kappa shape index (κ3) is 3.10. The minimum atomic E-state index is -0.948. The standard InChI is InChI=1S/C17H22F2N2O3/c1-20-9-10-24-17(11-20)5-7-21(8-6-17)16(22)12-3-4-13(18)15(23-2)14(12)19/h3-4H,5-11H2,1-2H3. The van der Waals surface area contributed by atoms with E-state index in [2.05, 4.69) is 11.9 Å². The van der Waals surface area contributed by atoms with Crippen molar-refractivity contribution in [2.45, 2.75) is 18.4 Å². The van der Waals surface area contributed by atoms with Gasteiger partial charge in [0.05, 0.1) is 24.9 Å². The molecular formula is C17H22F2N2O3. The Morgan fingerprint density at radius 2 is 1.96 bits per heavy atom. The van der Waals surface area contributed by atoms with Gasteiger partial charge in [0.2, 0.25) is 0 Å². The zero-order chi connectivity index (χ0) is 17.3. The van der Waals surface area contributed by atoms with E-state index in [0.717, 1.165) is 19.2 Å². The summed E-state index contributed by atoms with van der Waals surface area (Å²) >= 11 is 0. The molecule has 1 spiro atoms. The quantitative estimate of drug-likeness (QED) is 0.825. The van der Waals surface area contributed by atoms with E-state index in [0.29, 0.717) is 32.5 Å². The highest BCUT2D eigenvalue weighted by atomic mass is 19.1. The normalized spacial score (nSPS) is 21.1. The van der Waals surface area contributed by atoms with Crippen molar-refractivity contribution in [2.75, 3.05) is 46.9 Å². The van der Waals surface area contributed by atoms with Crippen molar-refractivity contribution in [1.29, 1.82) is 0 Å². The molecule has 7 heteroatoms. The minimum absolute atomic E-state index is 0.161. The molecule has 24 heavy (non-hydrogen) atoms. The SMILES string of the molecule is COc1c(F)ccc(C(=O)N2CCC3(CC2)CN(C)CCO3)c1F. The molecule has 2 aliphatic rings. The van der Waals surface area contributed by atoms with Crippen LogP contribution in [-0.2, 0) is 4.74 Å². The lowest BCUT2D eigenvalue weighted by Crippen LogP contribution is -2.56. The Balaban J connectivity index is 1.72. The molecule has 5 nitrogen and oxygen atoms in total. The number of morpholine rings is 1. The lowest BCUT2D eigenvalue weighted by Gasteiger charge is -2.46. The van der Waals surface area contributed by atoms with Crippen molar-refractivity contribution in [3.8, 4) is 5.75 Å². The summed E-state index contributed by atoms with van der Waals surface area (Å²) in [5.74, 6) is -2.73. The van der Waals surface area contributed by atoms with E-state index in [1.165, 1.54) is 13.2 Å². The number of rotatable bonds is 2. The maximum absolute atomic E-state index is 14.3. The van der Waals surface area contributed by atoms with Crippen LogP contribution in [0.4, 0.5) is 8.78 Å². The van der Waals surface area contributed by atoms with Crippen molar-refractivity contribution >= 4 is 5.91 Å². The molecule has 1 aromatic carbocycles. The van der Waals surface area contributed by atoms with Gasteiger partial charge >= 0.3 is 0 Å². The molecule has 0 aromatic heterocycles. The highest BCUT2D eigenvalue weighted by Crippen LogP contribution is 2.31. The van der Waals surface area contributed by atoms with Gasteiger partial charge in [0, 0.05) is 26.2 Å². The van der Waals surface area contributed by atoms with Gasteiger partial charge < -0.3 is 19.3 Å². The van der Waals surface area contributed by atoms with Crippen LogP contribution >= 0.6 is 0 Å². The minimum Gasteiger partial charge on any atom is -0.491 e. The van der Waals surface area contributed by atoms with Crippen LogP contribution < -0.4 is 4.74 Å². The monoisotopic (exact) mass is 340 g/mol. The largest absolute Gasteiger partial charge is 0.491 e. The Morgan fingerprint density at radius 1 is 1.25 bits per heavy atom. The number of nitrogens with zero attached hydrogens (tertiary/aromatic N) is 2. The van der Waals surface area contributed by atoms with Gasteiger partial charge in [-0.3, -0.25) is 4.79 Å². The van der Waals surface area contributed by atoms with Gasteiger partial charge in [0.15, 0.2) is 17.4 Å². The molecule has 0 aliphatic carbocycles. The van der Waals surface area contributed by atoms with Crippen LogP contribution in [0.5, 0.6) is 5.75 Å². The Morgan fingerprint density at radius 3 is 2.58 bits per heavy atom. The summed E-state index contributed by atoms with van der Waals surface area (Å²) in [6.45, 7) is 3.42. The molecular weight excluding hydrogens is 318 g/mol. The van der Waals surface area contributed by atoms with Crippen molar-refractivity contribution in [3.05, 3.63) is 29.3 Å². The lowest BCUT2D eigenvalue weighted by molar-refractivity contribution is -0.127. The molecule has 3 rings (SSSR count).